The molecule has 0 radical (unpaired) electrons. The zero-order chi connectivity index (χ0) is 19.7. The van der Waals surface area contributed by atoms with Crippen LogP contribution in [0.15, 0.2) is 47.5 Å². The molecular weight excluding hydrogens is 354 g/mol. The summed E-state index contributed by atoms with van der Waals surface area (Å²) in [6, 6.07) is 13.5. The Morgan fingerprint density at radius 3 is 2.57 bits per heavy atom. The molecular formula is C22H25N3O3. The largest absolute Gasteiger partial charge is 0.454 e. The summed E-state index contributed by atoms with van der Waals surface area (Å²) in [7, 11) is 0. The van der Waals surface area contributed by atoms with E-state index in [1.807, 2.05) is 63.2 Å². The second kappa shape index (κ2) is 7.28. The fourth-order valence-corrected chi connectivity index (χ4v) is 3.13. The smallest absolute Gasteiger partial charge is 0.229 e. The van der Waals surface area contributed by atoms with Gasteiger partial charge < -0.3 is 19.7 Å². The Bertz CT molecular complexity index is 925. The first kappa shape index (κ1) is 18.5. The molecule has 2 aliphatic rings. The first-order valence-electron chi connectivity index (χ1n) is 9.56. The monoisotopic (exact) mass is 379 g/mol. The third-order valence-electron chi connectivity index (χ3n) is 4.78. The van der Waals surface area contributed by atoms with Crippen LogP contribution in [0.2, 0.25) is 0 Å². The van der Waals surface area contributed by atoms with Crippen LogP contribution < -0.4 is 10.1 Å². The molecule has 0 spiro atoms. The molecule has 6 heteroatoms. The first-order valence-corrected chi connectivity index (χ1v) is 9.56. The lowest BCUT2D eigenvalue weighted by Gasteiger charge is -2.30. The van der Waals surface area contributed by atoms with Gasteiger partial charge in [-0.25, -0.2) is 4.99 Å². The molecule has 2 aromatic rings. The van der Waals surface area contributed by atoms with Gasteiger partial charge in [0.1, 0.15) is 17.3 Å². The lowest BCUT2D eigenvalue weighted by molar-refractivity contribution is -0.123. The number of amidine groups is 1. The number of nitrogens with zero attached hydrogens (tertiary/aromatic N) is 2. The van der Waals surface area contributed by atoms with Crippen molar-refractivity contribution in [1.82, 2.24) is 4.90 Å². The van der Waals surface area contributed by atoms with E-state index in [-0.39, 0.29) is 5.91 Å². The van der Waals surface area contributed by atoms with E-state index in [0.29, 0.717) is 13.2 Å². The van der Waals surface area contributed by atoms with Gasteiger partial charge in [-0.1, -0.05) is 32.9 Å². The molecule has 0 aromatic heterocycles. The molecule has 0 saturated carbocycles. The van der Waals surface area contributed by atoms with Gasteiger partial charge in [-0.05, 0) is 30.3 Å². The number of anilines is 1. The second-order valence-corrected chi connectivity index (χ2v) is 8.02. The SMILES string of the molecule is CC(C)(C)C(=O)Nc1ccc2c(c1)C(N1CCOCC1)=Nc1ccccc1O2. The van der Waals surface area contributed by atoms with Gasteiger partial charge in [0.2, 0.25) is 5.91 Å². The van der Waals surface area contributed by atoms with Crippen molar-refractivity contribution in [3.8, 4) is 11.5 Å². The summed E-state index contributed by atoms with van der Waals surface area (Å²) in [5.74, 6) is 2.26. The van der Waals surface area contributed by atoms with Crippen LogP contribution in [0.1, 0.15) is 26.3 Å². The van der Waals surface area contributed by atoms with Crippen molar-refractivity contribution in [3.05, 3.63) is 48.0 Å². The molecule has 2 heterocycles. The zero-order valence-electron chi connectivity index (χ0n) is 16.5. The van der Waals surface area contributed by atoms with E-state index in [2.05, 4.69) is 10.2 Å². The summed E-state index contributed by atoms with van der Waals surface area (Å²) in [6.07, 6.45) is 0. The Labute approximate surface area is 165 Å². The highest BCUT2D eigenvalue weighted by Gasteiger charge is 2.26. The van der Waals surface area contributed by atoms with E-state index >= 15 is 0 Å². The minimum atomic E-state index is -0.472. The highest BCUT2D eigenvalue weighted by atomic mass is 16.5. The van der Waals surface area contributed by atoms with E-state index in [1.54, 1.807) is 0 Å². The molecule has 1 saturated heterocycles. The Morgan fingerprint density at radius 1 is 1.07 bits per heavy atom. The highest BCUT2D eigenvalue weighted by Crippen LogP contribution is 2.39. The number of para-hydroxylation sites is 2. The van der Waals surface area contributed by atoms with Crippen molar-refractivity contribution in [2.45, 2.75) is 20.8 Å². The molecule has 0 unspecified atom stereocenters. The molecule has 0 bridgehead atoms. The number of nitrogens with one attached hydrogen (secondary N) is 1. The molecule has 1 amide bonds. The molecule has 1 N–H and O–H groups in total. The maximum absolute atomic E-state index is 12.4. The summed E-state index contributed by atoms with van der Waals surface area (Å²) >= 11 is 0. The van der Waals surface area contributed by atoms with Gasteiger partial charge in [0.05, 0.1) is 18.8 Å². The Kier molecular flexibility index (Phi) is 4.81. The summed E-state index contributed by atoms with van der Waals surface area (Å²) in [6.45, 7) is 8.54. The predicted molar refractivity (Wildman–Crippen MR) is 110 cm³/mol. The number of morpholine rings is 1. The van der Waals surface area contributed by atoms with E-state index < -0.39 is 5.41 Å². The van der Waals surface area contributed by atoms with Crippen molar-refractivity contribution in [3.63, 3.8) is 0 Å². The quantitative estimate of drug-likeness (QED) is 0.807. The number of carbonyl (C=O) groups excluding carboxylic acids is 1. The van der Waals surface area contributed by atoms with Gasteiger partial charge in [0, 0.05) is 24.2 Å². The first-order chi connectivity index (χ1) is 13.4. The van der Waals surface area contributed by atoms with Crippen LogP contribution in [-0.4, -0.2) is 42.9 Å². The third-order valence-corrected chi connectivity index (χ3v) is 4.78. The molecule has 2 aliphatic heterocycles. The molecule has 6 nitrogen and oxygen atoms in total. The molecule has 0 aliphatic carbocycles. The number of ether oxygens (including phenoxy) is 2. The minimum Gasteiger partial charge on any atom is -0.454 e. The van der Waals surface area contributed by atoms with Crippen molar-refractivity contribution in [2.24, 2.45) is 10.4 Å². The van der Waals surface area contributed by atoms with Crippen molar-refractivity contribution in [1.29, 1.82) is 0 Å². The molecule has 2 aromatic carbocycles. The van der Waals surface area contributed by atoms with Gasteiger partial charge in [0.15, 0.2) is 5.75 Å². The van der Waals surface area contributed by atoms with E-state index in [4.69, 9.17) is 14.5 Å². The average Bonchev–Trinajstić information content (AvgIpc) is 2.84. The second-order valence-electron chi connectivity index (χ2n) is 8.02. The lowest BCUT2D eigenvalue weighted by Crippen LogP contribution is -2.41. The van der Waals surface area contributed by atoms with Crippen LogP contribution in [0.3, 0.4) is 0 Å². The Morgan fingerprint density at radius 2 is 1.82 bits per heavy atom. The molecule has 146 valence electrons. The van der Waals surface area contributed by atoms with Crippen LogP contribution in [-0.2, 0) is 9.53 Å². The fourth-order valence-electron chi connectivity index (χ4n) is 3.13. The van der Waals surface area contributed by atoms with Gasteiger partial charge in [-0.3, -0.25) is 4.79 Å². The number of benzene rings is 2. The predicted octanol–water partition coefficient (Wildman–Crippen LogP) is 4.19. The van der Waals surface area contributed by atoms with Crippen molar-refractivity contribution < 1.29 is 14.3 Å². The molecule has 4 rings (SSSR count). The fraction of sp³-hybridized carbons (Fsp3) is 0.364. The van der Waals surface area contributed by atoms with Crippen molar-refractivity contribution in [2.75, 3.05) is 31.6 Å². The normalized spacial score (nSPS) is 16.2. The number of carbonyl (C=O) groups is 1. The average molecular weight is 379 g/mol. The van der Waals surface area contributed by atoms with E-state index in [0.717, 1.165) is 47.4 Å². The van der Waals surface area contributed by atoms with Gasteiger partial charge >= 0.3 is 0 Å². The number of fused-ring (bicyclic) bond motifs is 2. The summed E-state index contributed by atoms with van der Waals surface area (Å²) in [4.78, 5) is 19.6. The lowest BCUT2D eigenvalue weighted by atomic mass is 9.95. The number of hydrogen-bond acceptors (Lipinski definition) is 5. The number of aliphatic imine (C=N–C) groups is 1. The maximum Gasteiger partial charge on any atom is 0.229 e. The van der Waals surface area contributed by atoms with Gasteiger partial charge in [-0.2, -0.15) is 0 Å². The summed E-state index contributed by atoms with van der Waals surface area (Å²) in [5.41, 5.74) is 1.92. The number of rotatable bonds is 1. The number of hydrogen-bond donors (Lipinski definition) is 1. The highest BCUT2D eigenvalue weighted by molar-refractivity contribution is 6.05. The van der Waals surface area contributed by atoms with E-state index in [1.165, 1.54) is 0 Å². The third kappa shape index (κ3) is 3.73. The Hall–Kier alpha value is -2.86. The van der Waals surface area contributed by atoms with Crippen LogP contribution in [0.4, 0.5) is 11.4 Å². The van der Waals surface area contributed by atoms with Crippen LogP contribution in [0, 0.1) is 5.41 Å². The summed E-state index contributed by atoms with van der Waals surface area (Å²) in [5, 5.41) is 3.00. The topological polar surface area (TPSA) is 63.2 Å². The van der Waals surface area contributed by atoms with E-state index in [9.17, 15) is 4.79 Å². The van der Waals surface area contributed by atoms with Crippen LogP contribution in [0.25, 0.3) is 0 Å². The van der Waals surface area contributed by atoms with Gasteiger partial charge in [0.25, 0.3) is 0 Å². The van der Waals surface area contributed by atoms with Crippen molar-refractivity contribution >= 4 is 23.1 Å². The summed E-state index contributed by atoms with van der Waals surface area (Å²) < 4.78 is 11.7. The number of amides is 1. The molecule has 1 fully saturated rings. The maximum atomic E-state index is 12.4. The Balaban J connectivity index is 1.77. The standard InChI is InChI=1S/C22H25N3O3/c1-22(2,3)21(26)23-15-8-9-18-16(14-15)20(25-10-12-27-13-11-25)24-17-6-4-5-7-19(17)28-18/h4-9,14H,10-13H2,1-3H3,(H,23,26). The van der Waals surface area contributed by atoms with Gasteiger partial charge in [-0.15, -0.1) is 0 Å². The molecule has 28 heavy (non-hydrogen) atoms. The zero-order valence-corrected chi connectivity index (χ0v) is 16.5. The minimum absolute atomic E-state index is 0.0323. The van der Waals surface area contributed by atoms with Crippen LogP contribution in [0.5, 0.6) is 11.5 Å². The molecule has 0 atom stereocenters. The van der Waals surface area contributed by atoms with Crippen LogP contribution >= 0.6 is 0 Å².